The maximum Gasteiger partial charge on any atom is 0.302 e. The number of rotatable bonds is 6. The van der Waals surface area contributed by atoms with E-state index >= 15 is 0 Å². The Labute approximate surface area is 248 Å². The lowest BCUT2D eigenvalue weighted by Crippen LogP contribution is -2.41. The first-order chi connectivity index (χ1) is 20.9. The van der Waals surface area contributed by atoms with E-state index in [9.17, 15) is 14.4 Å². The first-order valence-corrected chi connectivity index (χ1v) is 14.8. The summed E-state index contributed by atoms with van der Waals surface area (Å²) in [5.41, 5.74) is 7.28. The fraction of sp³-hybridized carbons (Fsp3) is 0.375. The van der Waals surface area contributed by atoms with Gasteiger partial charge in [-0.1, -0.05) is 12.1 Å². The Kier molecular flexibility index (Phi) is 6.89. The highest BCUT2D eigenvalue weighted by molar-refractivity contribution is 6.07. The van der Waals surface area contributed by atoms with Crippen molar-refractivity contribution in [2.24, 2.45) is 7.05 Å². The number of fused-ring (bicyclic) bond motifs is 4. The van der Waals surface area contributed by atoms with Crippen LogP contribution in [0.4, 0.5) is 17.2 Å². The number of amides is 1. The van der Waals surface area contributed by atoms with Crippen LogP contribution in [0.2, 0.25) is 0 Å². The predicted octanol–water partition coefficient (Wildman–Crippen LogP) is 3.93. The molecule has 0 fully saturated rings. The molecular formula is C32H34N6O5. The summed E-state index contributed by atoms with van der Waals surface area (Å²) in [5, 5.41) is 7.78. The van der Waals surface area contributed by atoms with Gasteiger partial charge in [-0.3, -0.25) is 19.1 Å². The number of nitrogens with zero attached hydrogens (tertiary/aromatic N) is 5. The Hall–Kier alpha value is -4.64. The summed E-state index contributed by atoms with van der Waals surface area (Å²) in [6.45, 7) is 4.31. The fourth-order valence-corrected chi connectivity index (χ4v) is 6.53. The molecule has 0 saturated heterocycles. The van der Waals surface area contributed by atoms with Crippen LogP contribution in [0.3, 0.4) is 0 Å². The molecule has 0 spiro atoms. The van der Waals surface area contributed by atoms with Crippen LogP contribution in [-0.4, -0.2) is 43.9 Å². The lowest BCUT2D eigenvalue weighted by atomic mass is 9.98. The molecule has 1 amide bonds. The van der Waals surface area contributed by atoms with Gasteiger partial charge in [-0.25, -0.2) is 0 Å². The molecule has 4 aromatic rings. The van der Waals surface area contributed by atoms with Crippen LogP contribution in [0.15, 0.2) is 47.4 Å². The summed E-state index contributed by atoms with van der Waals surface area (Å²) in [6, 6.07) is 11.4. The van der Waals surface area contributed by atoms with Crippen molar-refractivity contribution in [3.05, 3.63) is 81.2 Å². The Balaban J connectivity index is 1.28. The van der Waals surface area contributed by atoms with Crippen molar-refractivity contribution in [1.82, 2.24) is 18.9 Å². The van der Waals surface area contributed by atoms with Crippen LogP contribution < -0.4 is 15.8 Å². The second kappa shape index (κ2) is 10.9. The molecule has 0 atom stereocenters. The van der Waals surface area contributed by atoms with E-state index in [2.05, 4.69) is 21.0 Å². The molecule has 1 aromatic carbocycles. The minimum atomic E-state index is -0.414. The number of ether oxygens (including phenoxy) is 2. The summed E-state index contributed by atoms with van der Waals surface area (Å²) in [5.74, 6) is 0.0912. The minimum Gasteiger partial charge on any atom is -0.461 e. The van der Waals surface area contributed by atoms with Gasteiger partial charge >= 0.3 is 5.97 Å². The van der Waals surface area contributed by atoms with Crippen LogP contribution >= 0.6 is 0 Å². The van der Waals surface area contributed by atoms with E-state index in [0.717, 1.165) is 42.5 Å². The SMILES string of the molecule is CC(=O)OCc1c(-c2cc(Nc3cc4n(n3)CCOC4)c(=O)n(C)c2)cccc1N1CCn2c(cc3c2CCCC3)C1=O. The van der Waals surface area contributed by atoms with Gasteiger partial charge in [0.2, 0.25) is 0 Å². The molecule has 1 aliphatic carbocycles. The van der Waals surface area contributed by atoms with E-state index in [0.29, 0.717) is 61.3 Å². The number of nitrogens with one attached hydrogen (secondary N) is 1. The van der Waals surface area contributed by atoms with Crippen molar-refractivity contribution in [2.45, 2.75) is 58.9 Å². The molecule has 2 aliphatic heterocycles. The van der Waals surface area contributed by atoms with E-state index in [-0.39, 0.29) is 18.1 Å². The van der Waals surface area contributed by atoms with Gasteiger partial charge in [0.1, 0.15) is 18.0 Å². The normalized spacial score (nSPS) is 16.0. The highest BCUT2D eigenvalue weighted by atomic mass is 16.5. The molecule has 3 aromatic heterocycles. The average Bonchev–Trinajstić information content (AvgIpc) is 3.60. The van der Waals surface area contributed by atoms with Crippen molar-refractivity contribution in [3.63, 3.8) is 0 Å². The number of carbonyl (C=O) groups excluding carboxylic acids is 2. The topological polar surface area (TPSA) is 113 Å². The fourth-order valence-electron chi connectivity index (χ4n) is 6.53. The number of carbonyl (C=O) groups is 2. The molecule has 0 radical (unpaired) electrons. The number of aryl methyl sites for hydroxylation is 2. The molecule has 7 rings (SSSR count). The quantitative estimate of drug-likeness (QED) is 0.343. The third-order valence-corrected chi connectivity index (χ3v) is 8.60. The maximum atomic E-state index is 13.9. The Morgan fingerprint density at radius 2 is 1.95 bits per heavy atom. The van der Waals surface area contributed by atoms with Gasteiger partial charge in [0.05, 0.1) is 31.1 Å². The molecule has 1 N–H and O–H groups in total. The predicted molar refractivity (Wildman–Crippen MR) is 161 cm³/mol. The molecule has 0 saturated carbocycles. The number of aromatic nitrogens is 4. The van der Waals surface area contributed by atoms with Gasteiger partial charge in [-0.15, -0.1) is 0 Å². The Morgan fingerprint density at radius 3 is 2.79 bits per heavy atom. The van der Waals surface area contributed by atoms with E-state index < -0.39 is 5.97 Å². The number of pyridine rings is 1. The van der Waals surface area contributed by atoms with Gasteiger partial charge in [0.25, 0.3) is 11.5 Å². The highest BCUT2D eigenvalue weighted by Gasteiger charge is 2.32. The summed E-state index contributed by atoms with van der Waals surface area (Å²) in [7, 11) is 1.70. The second-order valence-electron chi connectivity index (χ2n) is 11.4. The van der Waals surface area contributed by atoms with Crippen molar-refractivity contribution < 1.29 is 19.1 Å². The molecule has 43 heavy (non-hydrogen) atoms. The van der Waals surface area contributed by atoms with Gasteiger partial charge in [0.15, 0.2) is 5.82 Å². The minimum absolute atomic E-state index is 0.0124. The Bertz CT molecular complexity index is 1790. The summed E-state index contributed by atoms with van der Waals surface area (Å²) < 4.78 is 16.6. The average molecular weight is 583 g/mol. The number of hydrogen-bond donors (Lipinski definition) is 1. The largest absolute Gasteiger partial charge is 0.461 e. The molecule has 3 aliphatic rings. The van der Waals surface area contributed by atoms with Crippen LogP contribution in [0.25, 0.3) is 11.1 Å². The second-order valence-corrected chi connectivity index (χ2v) is 11.4. The van der Waals surface area contributed by atoms with Crippen molar-refractivity contribution in [3.8, 4) is 11.1 Å². The number of anilines is 3. The van der Waals surface area contributed by atoms with Crippen molar-refractivity contribution >= 4 is 29.1 Å². The lowest BCUT2D eigenvalue weighted by molar-refractivity contribution is -0.142. The number of esters is 1. The van der Waals surface area contributed by atoms with Crippen LogP contribution in [0, 0.1) is 0 Å². The van der Waals surface area contributed by atoms with Gasteiger partial charge in [0, 0.05) is 56.1 Å². The summed E-state index contributed by atoms with van der Waals surface area (Å²) >= 11 is 0. The monoisotopic (exact) mass is 582 g/mol. The molecular weight excluding hydrogens is 548 g/mol. The smallest absolute Gasteiger partial charge is 0.302 e. The van der Waals surface area contributed by atoms with Crippen LogP contribution in [0.1, 0.15) is 52.8 Å². The molecule has 0 bridgehead atoms. The van der Waals surface area contributed by atoms with Gasteiger partial charge in [-0.05, 0) is 55.0 Å². The number of benzene rings is 1. The first kappa shape index (κ1) is 27.2. The third-order valence-electron chi connectivity index (χ3n) is 8.60. The zero-order valence-electron chi connectivity index (χ0n) is 24.4. The first-order valence-electron chi connectivity index (χ1n) is 14.8. The molecule has 11 nitrogen and oxygen atoms in total. The van der Waals surface area contributed by atoms with E-state index in [1.54, 1.807) is 24.2 Å². The van der Waals surface area contributed by atoms with Gasteiger partial charge in [-0.2, -0.15) is 5.10 Å². The molecule has 0 unspecified atom stereocenters. The van der Waals surface area contributed by atoms with Crippen molar-refractivity contribution in [1.29, 1.82) is 0 Å². The lowest BCUT2D eigenvalue weighted by Gasteiger charge is -2.32. The third kappa shape index (κ3) is 4.93. The number of hydrogen-bond acceptors (Lipinski definition) is 7. The van der Waals surface area contributed by atoms with Crippen LogP contribution in [0.5, 0.6) is 0 Å². The van der Waals surface area contributed by atoms with E-state index in [1.165, 1.54) is 22.7 Å². The zero-order valence-corrected chi connectivity index (χ0v) is 24.4. The standard InChI is InChI=1S/C32H34N6O5/c1-20(39)43-19-25-24(22-14-26(31(40)35(2)17-22)33-30-16-23-18-42-13-12-38(23)34-30)7-5-9-28(25)37-11-10-36-27-8-4-3-6-21(27)15-29(36)32(37)41/h5,7,9,14-17H,3-4,6,8,10-13,18-19H2,1-2H3,(H,33,34). The summed E-state index contributed by atoms with van der Waals surface area (Å²) in [4.78, 5) is 40.9. The molecule has 222 valence electrons. The molecule has 5 heterocycles. The molecule has 11 heteroatoms. The highest BCUT2D eigenvalue weighted by Crippen LogP contribution is 2.36. The maximum absolute atomic E-state index is 13.9. The van der Waals surface area contributed by atoms with E-state index in [1.807, 2.05) is 28.9 Å². The zero-order chi connectivity index (χ0) is 29.7. The van der Waals surface area contributed by atoms with Gasteiger partial charge < -0.3 is 28.8 Å². The summed E-state index contributed by atoms with van der Waals surface area (Å²) in [6.07, 6.45) is 6.07. The van der Waals surface area contributed by atoms with E-state index in [4.69, 9.17) is 9.47 Å². The van der Waals surface area contributed by atoms with Crippen LogP contribution in [-0.2, 0) is 60.5 Å². The Morgan fingerprint density at radius 1 is 1.09 bits per heavy atom. The van der Waals surface area contributed by atoms with Crippen molar-refractivity contribution in [2.75, 3.05) is 23.4 Å².